The molecular weight excluding hydrogens is 294 g/mol. The Balaban J connectivity index is 2.03. The zero-order valence-corrected chi connectivity index (χ0v) is 12.5. The van der Waals surface area contributed by atoms with Crippen LogP contribution in [0.3, 0.4) is 0 Å². The highest BCUT2D eigenvalue weighted by Crippen LogP contribution is 2.27. The molecule has 1 aliphatic rings. The van der Waals surface area contributed by atoms with Crippen molar-refractivity contribution in [3.8, 4) is 0 Å². The third-order valence-electron chi connectivity index (χ3n) is 3.83. The molecule has 1 aliphatic carbocycles. The Labute approximate surface area is 116 Å². The number of halogens is 1. The van der Waals surface area contributed by atoms with E-state index < -0.39 is 0 Å². The van der Waals surface area contributed by atoms with Gasteiger partial charge in [0.05, 0.1) is 15.9 Å². The molecule has 5 heteroatoms. The maximum Gasteiger partial charge on any atom is 0.141 e. The monoisotopic (exact) mass is 313 g/mol. The lowest BCUT2D eigenvalue weighted by Crippen LogP contribution is -2.30. The van der Waals surface area contributed by atoms with Gasteiger partial charge in [-0.3, -0.25) is 9.48 Å². The number of ketones is 1. The predicted molar refractivity (Wildman–Crippen MR) is 74.3 cm³/mol. The maximum atomic E-state index is 12.3. The molecule has 0 spiro atoms. The number of hydrogen-bond acceptors (Lipinski definition) is 3. The molecule has 0 unspecified atom stereocenters. The van der Waals surface area contributed by atoms with E-state index in [1.54, 1.807) is 4.68 Å². The summed E-state index contributed by atoms with van der Waals surface area (Å²) in [7, 11) is 1.89. The van der Waals surface area contributed by atoms with Gasteiger partial charge in [-0.2, -0.15) is 5.10 Å². The predicted octanol–water partition coefficient (Wildman–Crippen LogP) is 2.12. The minimum atomic E-state index is 0.187. The van der Waals surface area contributed by atoms with Gasteiger partial charge in [0.1, 0.15) is 5.78 Å². The van der Waals surface area contributed by atoms with Gasteiger partial charge in [0.15, 0.2) is 0 Å². The Morgan fingerprint density at radius 3 is 2.56 bits per heavy atom. The first-order valence-corrected chi connectivity index (χ1v) is 7.24. The summed E-state index contributed by atoms with van der Waals surface area (Å²) in [5.74, 6) is 0.512. The Morgan fingerprint density at radius 2 is 2.06 bits per heavy atom. The molecule has 18 heavy (non-hydrogen) atoms. The molecule has 1 aromatic rings. The van der Waals surface area contributed by atoms with Crippen LogP contribution in [0.15, 0.2) is 4.47 Å². The smallest absolute Gasteiger partial charge is 0.141 e. The van der Waals surface area contributed by atoms with Crippen molar-refractivity contribution in [1.29, 1.82) is 0 Å². The SMILES string of the molecule is Cc1nn(C)c(CC(=O)C2CCC(N)CC2)c1Br. The molecule has 0 radical (unpaired) electrons. The van der Waals surface area contributed by atoms with E-state index in [0.717, 1.165) is 41.5 Å². The van der Waals surface area contributed by atoms with E-state index >= 15 is 0 Å². The molecule has 0 saturated heterocycles. The van der Waals surface area contributed by atoms with Crippen LogP contribution in [0.5, 0.6) is 0 Å². The number of nitrogens with zero attached hydrogens (tertiary/aromatic N) is 2. The summed E-state index contributed by atoms with van der Waals surface area (Å²) in [5.41, 5.74) is 7.78. The molecule has 1 fully saturated rings. The maximum absolute atomic E-state index is 12.3. The number of hydrogen-bond donors (Lipinski definition) is 1. The Morgan fingerprint density at radius 1 is 1.44 bits per heavy atom. The fraction of sp³-hybridized carbons (Fsp3) is 0.692. The number of carbonyl (C=O) groups excluding carboxylic acids is 1. The second-order valence-electron chi connectivity index (χ2n) is 5.22. The molecular formula is C13H20BrN3O. The standard InChI is InChI=1S/C13H20BrN3O/c1-8-13(14)11(17(2)16-8)7-12(18)9-3-5-10(15)6-4-9/h9-10H,3-7,15H2,1-2H3. The van der Waals surface area contributed by atoms with Crippen molar-refractivity contribution in [2.24, 2.45) is 18.7 Å². The van der Waals surface area contributed by atoms with Crippen LogP contribution in [0.25, 0.3) is 0 Å². The van der Waals surface area contributed by atoms with Gasteiger partial charge in [-0.15, -0.1) is 0 Å². The summed E-state index contributed by atoms with van der Waals surface area (Å²) in [5, 5.41) is 4.32. The molecule has 0 aromatic carbocycles. The second-order valence-corrected chi connectivity index (χ2v) is 6.02. The third-order valence-corrected chi connectivity index (χ3v) is 4.86. The summed E-state index contributed by atoms with van der Waals surface area (Å²) in [6.45, 7) is 1.94. The molecule has 1 saturated carbocycles. The number of Topliss-reactive ketones (excluding diaryl/α,β-unsaturated/α-hetero) is 1. The van der Waals surface area contributed by atoms with Crippen LogP contribution in [0, 0.1) is 12.8 Å². The van der Waals surface area contributed by atoms with Crippen molar-refractivity contribution >= 4 is 21.7 Å². The summed E-state index contributed by atoms with van der Waals surface area (Å²) >= 11 is 3.51. The quantitative estimate of drug-likeness (QED) is 0.929. The van der Waals surface area contributed by atoms with Crippen LogP contribution in [0.2, 0.25) is 0 Å². The number of nitrogens with two attached hydrogens (primary N) is 1. The second kappa shape index (κ2) is 5.53. The minimum Gasteiger partial charge on any atom is -0.328 e. The minimum absolute atomic E-state index is 0.187. The Bertz CT molecular complexity index is 447. The topological polar surface area (TPSA) is 60.9 Å². The summed E-state index contributed by atoms with van der Waals surface area (Å²) in [4.78, 5) is 12.3. The van der Waals surface area contributed by atoms with Crippen LogP contribution in [0.4, 0.5) is 0 Å². The lowest BCUT2D eigenvalue weighted by molar-refractivity contribution is -0.123. The number of aryl methyl sites for hydroxylation is 2. The first-order chi connectivity index (χ1) is 8.49. The first-order valence-electron chi connectivity index (χ1n) is 6.45. The first kappa shape index (κ1) is 13.7. The average molecular weight is 314 g/mol. The fourth-order valence-electron chi connectivity index (χ4n) is 2.62. The van der Waals surface area contributed by atoms with E-state index in [4.69, 9.17) is 5.73 Å². The van der Waals surface area contributed by atoms with Gasteiger partial charge in [-0.1, -0.05) is 0 Å². The van der Waals surface area contributed by atoms with Crippen molar-refractivity contribution in [2.75, 3.05) is 0 Å². The van der Waals surface area contributed by atoms with Crippen molar-refractivity contribution in [3.63, 3.8) is 0 Å². The Kier molecular flexibility index (Phi) is 4.22. The van der Waals surface area contributed by atoms with Crippen LogP contribution in [0.1, 0.15) is 37.1 Å². The molecule has 0 amide bonds. The highest BCUT2D eigenvalue weighted by atomic mass is 79.9. The van der Waals surface area contributed by atoms with E-state index in [-0.39, 0.29) is 5.92 Å². The van der Waals surface area contributed by atoms with Crippen molar-refractivity contribution in [2.45, 2.75) is 45.1 Å². The molecule has 1 aromatic heterocycles. The molecule has 2 rings (SSSR count). The van der Waals surface area contributed by atoms with Crippen molar-refractivity contribution in [3.05, 3.63) is 15.9 Å². The van der Waals surface area contributed by atoms with Crippen LogP contribution >= 0.6 is 15.9 Å². The highest BCUT2D eigenvalue weighted by molar-refractivity contribution is 9.10. The molecule has 0 atom stereocenters. The van der Waals surface area contributed by atoms with Gasteiger partial charge < -0.3 is 5.73 Å². The fourth-order valence-corrected chi connectivity index (χ4v) is 3.10. The van der Waals surface area contributed by atoms with Gasteiger partial charge in [0.2, 0.25) is 0 Å². The van der Waals surface area contributed by atoms with E-state index in [0.29, 0.717) is 18.2 Å². The van der Waals surface area contributed by atoms with Crippen LogP contribution in [-0.2, 0) is 18.3 Å². The van der Waals surface area contributed by atoms with Crippen molar-refractivity contribution < 1.29 is 4.79 Å². The molecule has 0 bridgehead atoms. The molecule has 2 N–H and O–H groups in total. The number of carbonyl (C=O) groups is 1. The zero-order chi connectivity index (χ0) is 13.3. The number of rotatable bonds is 3. The molecule has 100 valence electrons. The highest BCUT2D eigenvalue weighted by Gasteiger charge is 2.26. The van der Waals surface area contributed by atoms with Crippen LogP contribution < -0.4 is 5.73 Å². The van der Waals surface area contributed by atoms with Crippen LogP contribution in [-0.4, -0.2) is 21.6 Å². The van der Waals surface area contributed by atoms with E-state index in [9.17, 15) is 4.79 Å². The summed E-state index contributed by atoms with van der Waals surface area (Å²) in [6.07, 6.45) is 4.30. The normalized spacial score (nSPS) is 24.2. The van der Waals surface area contributed by atoms with Gasteiger partial charge in [0.25, 0.3) is 0 Å². The van der Waals surface area contributed by atoms with Gasteiger partial charge in [0, 0.05) is 25.4 Å². The third kappa shape index (κ3) is 2.83. The molecule has 0 aliphatic heterocycles. The molecule has 4 nitrogen and oxygen atoms in total. The van der Waals surface area contributed by atoms with Gasteiger partial charge in [-0.05, 0) is 48.5 Å². The van der Waals surface area contributed by atoms with E-state index in [1.165, 1.54) is 0 Å². The number of aromatic nitrogens is 2. The Hall–Kier alpha value is -0.680. The average Bonchev–Trinajstić information content (AvgIpc) is 2.57. The van der Waals surface area contributed by atoms with Gasteiger partial charge in [-0.25, -0.2) is 0 Å². The largest absolute Gasteiger partial charge is 0.328 e. The summed E-state index contributed by atoms with van der Waals surface area (Å²) < 4.78 is 2.76. The van der Waals surface area contributed by atoms with E-state index in [1.807, 2.05) is 14.0 Å². The molecule has 1 heterocycles. The van der Waals surface area contributed by atoms with Gasteiger partial charge >= 0.3 is 0 Å². The summed E-state index contributed by atoms with van der Waals surface area (Å²) in [6, 6.07) is 0.291. The lowest BCUT2D eigenvalue weighted by Gasteiger charge is -2.24. The van der Waals surface area contributed by atoms with Crippen molar-refractivity contribution in [1.82, 2.24) is 9.78 Å². The lowest BCUT2D eigenvalue weighted by atomic mass is 9.82. The van der Waals surface area contributed by atoms with E-state index in [2.05, 4.69) is 21.0 Å². The zero-order valence-electron chi connectivity index (χ0n) is 10.9.